The van der Waals surface area contributed by atoms with Crippen LogP contribution in [0, 0.1) is 6.92 Å². The van der Waals surface area contributed by atoms with Gasteiger partial charge in [-0.25, -0.2) is 9.59 Å². The molecule has 0 fully saturated rings. The molecule has 0 unspecified atom stereocenters. The summed E-state index contributed by atoms with van der Waals surface area (Å²) < 4.78 is 10.4. The van der Waals surface area contributed by atoms with Crippen molar-refractivity contribution in [3.8, 4) is 5.75 Å². The van der Waals surface area contributed by atoms with Gasteiger partial charge in [0.2, 0.25) is 0 Å². The lowest BCUT2D eigenvalue weighted by Crippen LogP contribution is -2.19. The Bertz CT molecular complexity index is 732. The van der Waals surface area contributed by atoms with E-state index in [0.29, 0.717) is 17.1 Å². The number of anilines is 2. The maximum Gasteiger partial charge on any atom is 0.513 e. The molecule has 24 heavy (non-hydrogen) atoms. The molecule has 0 saturated heterocycles. The Kier molecular flexibility index (Phi) is 6.20. The normalized spacial score (nSPS) is 9.96. The number of benzene rings is 2. The maximum absolute atomic E-state index is 12.0. The van der Waals surface area contributed by atoms with Gasteiger partial charge in [-0.15, -0.1) is 0 Å². The molecule has 0 spiro atoms. The first-order valence-electron chi connectivity index (χ1n) is 7.26. The molecule has 2 N–H and O–H groups in total. The van der Waals surface area contributed by atoms with Crippen LogP contribution in [-0.4, -0.2) is 18.8 Å². The number of urea groups is 1. The molecule has 0 heterocycles. The molecule has 0 atom stereocenters. The standard InChI is InChI=1S/C17H17BrN2O4/c1-3-23-17(22)24-13-7-5-12(6-8-13)19-16(21)20-15-9-4-11(2)10-14(15)18/h4-10H,3H2,1-2H3,(H2,19,20,21). The molecule has 7 heteroatoms. The SMILES string of the molecule is CCOC(=O)Oc1ccc(NC(=O)Nc2ccc(C)cc2Br)cc1. The van der Waals surface area contributed by atoms with E-state index in [1.807, 2.05) is 25.1 Å². The number of aryl methyl sites for hydroxylation is 1. The summed E-state index contributed by atoms with van der Waals surface area (Å²) in [5.41, 5.74) is 2.32. The third-order valence-electron chi connectivity index (χ3n) is 2.95. The smallest absolute Gasteiger partial charge is 0.434 e. The number of rotatable bonds is 4. The Labute approximate surface area is 148 Å². The van der Waals surface area contributed by atoms with Crippen LogP contribution in [0.4, 0.5) is 21.0 Å². The first-order valence-corrected chi connectivity index (χ1v) is 8.06. The zero-order chi connectivity index (χ0) is 17.5. The van der Waals surface area contributed by atoms with Crippen molar-refractivity contribution in [3.63, 3.8) is 0 Å². The molecule has 0 aromatic heterocycles. The molecule has 0 aliphatic heterocycles. The van der Waals surface area contributed by atoms with E-state index < -0.39 is 6.16 Å². The second kappa shape index (κ2) is 8.35. The van der Waals surface area contributed by atoms with Crippen molar-refractivity contribution in [2.75, 3.05) is 17.2 Å². The minimum absolute atomic E-state index is 0.243. The Morgan fingerprint density at radius 3 is 2.42 bits per heavy atom. The van der Waals surface area contributed by atoms with Gasteiger partial charge >= 0.3 is 12.2 Å². The lowest BCUT2D eigenvalue weighted by atomic mass is 10.2. The summed E-state index contributed by atoms with van der Waals surface area (Å²) in [6.07, 6.45) is -0.764. The molecule has 126 valence electrons. The van der Waals surface area contributed by atoms with E-state index in [9.17, 15) is 9.59 Å². The highest BCUT2D eigenvalue weighted by Crippen LogP contribution is 2.23. The van der Waals surface area contributed by atoms with Gasteiger partial charge in [0.25, 0.3) is 0 Å². The van der Waals surface area contributed by atoms with Gasteiger partial charge in [0, 0.05) is 10.2 Å². The summed E-state index contributed by atoms with van der Waals surface area (Å²) in [5.74, 6) is 0.334. The number of carbonyl (C=O) groups excluding carboxylic acids is 2. The van der Waals surface area contributed by atoms with Gasteiger partial charge in [0.15, 0.2) is 0 Å². The zero-order valence-corrected chi connectivity index (χ0v) is 14.8. The molecule has 0 saturated carbocycles. The molecular weight excluding hydrogens is 376 g/mol. The minimum Gasteiger partial charge on any atom is -0.434 e. The van der Waals surface area contributed by atoms with Crippen LogP contribution < -0.4 is 15.4 Å². The van der Waals surface area contributed by atoms with Crippen molar-refractivity contribution in [2.45, 2.75) is 13.8 Å². The van der Waals surface area contributed by atoms with Crippen LogP contribution in [0.2, 0.25) is 0 Å². The number of hydrogen-bond donors (Lipinski definition) is 2. The quantitative estimate of drug-likeness (QED) is 0.570. The number of hydrogen-bond acceptors (Lipinski definition) is 4. The van der Waals surface area contributed by atoms with Crippen LogP contribution in [0.5, 0.6) is 5.75 Å². The zero-order valence-electron chi connectivity index (χ0n) is 13.3. The summed E-state index contributed by atoms with van der Waals surface area (Å²) in [6, 6.07) is 11.6. The Morgan fingerprint density at radius 2 is 1.79 bits per heavy atom. The van der Waals surface area contributed by atoms with Gasteiger partial charge in [0.05, 0.1) is 12.3 Å². The Hall–Kier alpha value is -2.54. The largest absolute Gasteiger partial charge is 0.513 e. The molecule has 0 bridgehead atoms. The first kappa shape index (κ1) is 17.8. The van der Waals surface area contributed by atoms with E-state index >= 15 is 0 Å². The fraction of sp³-hybridized carbons (Fsp3) is 0.176. The summed E-state index contributed by atoms with van der Waals surface area (Å²) in [7, 11) is 0. The van der Waals surface area contributed by atoms with Crippen LogP contribution in [0.15, 0.2) is 46.9 Å². The van der Waals surface area contributed by atoms with Crippen molar-refractivity contribution in [2.24, 2.45) is 0 Å². The lowest BCUT2D eigenvalue weighted by Gasteiger charge is -2.10. The van der Waals surface area contributed by atoms with Crippen molar-refractivity contribution < 1.29 is 19.1 Å². The van der Waals surface area contributed by atoms with Crippen LogP contribution in [-0.2, 0) is 4.74 Å². The summed E-state index contributed by atoms with van der Waals surface area (Å²) in [6.45, 7) is 3.90. The third-order valence-corrected chi connectivity index (χ3v) is 3.60. The van der Waals surface area contributed by atoms with Gasteiger partial charge in [-0.1, -0.05) is 6.07 Å². The topological polar surface area (TPSA) is 76.7 Å². The fourth-order valence-electron chi connectivity index (χ4n) is 1.86. The number of ether oxygens (including phenoxy) is 2. The molecule has 6 nitrogen and oxygen atoms in total. The summed E-state index contributed by atoms with van der Waals surface area (Å²) in [5, 5.41) is 5.44. The van der Waals surface area contributed by atoms with E-state index in [2.05, 4.69) is 31.3 Å². The van der Waals surface area contributed by atoms with Gasteiger partial charge in [-0.05, 0) is 71.7 Å². The molecule has 2 rings (SSSR count). The average Bonchev–Trinajstić information content (AvgIpc) is 2.52. The van der Waals surface area contributed by atoms with Crippen LogP contribution in [0.25, 0.3) is 0 Å². The molecule has 0 radical (unpaired) electrons. The molecule has 2 aromatic rings. The highest BCUT2D eigenvalue weighted by molar-refractivity contribution is 9.10. The third kappa shape index (κ3) is 5.27. The Balaban J connectivity index is 1.93. The van der Waals surface area contributed by atoms with E-state index in [1.54, 1.807) is 31.2 Å². The van der Waals surface area contributed by atoms with Crippen molar-refractivity contribution in [3.05, 3.63) is 52.5 Å². The second-order valence-electron chi connectivity index (χ2n) is 4.87. The van der Waals surface area contributed by atoms with Gasteiger partial charge in [0.1, 0.15) is 5.75 Å². The van der Waals surface area contributed by atoms with Gasteiger partial charge in [-0.2, -0.15) is 0 Å². The monoisotopic (exact) mass is 392 g/mol. The molecular formula is C17H17BrN2O4. The first-order chi connectivity index (χ1) is 11.5. The summed E-state index contributed by atoms with van der Waals surface area (Å²) in [4.78, 5) is 23.2. The highest BCUT2D eigenvalue weighted by Gasteiger charge is 2.08. The Morgan fingerprint density at radius 1 is 1.08 bits per heavy atom. The second-order valence-corrected chi connectivity index (χ2v) is 5.73. The fourth-order valence-corrected chi connectivity index (χ4v) is 2.45. The predicted molar refractivity (Wildman–Crippen MR) is 95.6 cm³/mol. The van der Waals surface area contributed by atoms with Crippen LogP contribution in [0.1, 0.15) is 12.5 Å². The number of carbonyl (C=O) groups is 2. The van der Waals surface area contributed by atoms with Crippen LogP contribution in [0.3, 0.4) is 0 Å². The van der Waals surface area contributed by atoms with Gasteiger partial charge in [-0.3, -0.25) is 0 Å². The number of amides is 2. The number of nitrogens with one attached hydrogen (secondary N) is 2. The predicted octanol–water partition coefficient (Wildman–Crippen LogP) is 4.94. The lowest BCUT2D eigenvalue weighted by molar-refractivity contribution is 0.104. The maximum atomic E-state index is 12.0. The minimum atomic E-state index is -0.764. The van der Waals surface area contributed by atoms with E-state index in [-0.39, 0.29) is 12.6 Å². The molecule has 0 aliphatic rings. The van der Waals surface area contributed by atoms with Crippen molar-refractivity contribution >= 4 is 39.5 Å². The molecule has 2 amide bonds. The molecule has 2 aromatic carbocycles. The average molecular weight is 393 g/mol. The summed E-state index contributed by atoms with van der Waals surface area (Å²) >= 11 is 3.40. The van der Waals surface area contributed by atoms with E-state index in [0.717, 1.165) is 10.0 Å². The van der Waals surface area contributed by atoms with E-state index in [4.69, 9.17) is 4.74 Å². The molecule has 0 aliphatic carbocycles. The van der Waals surface area contributed by atoms with Gasteiger partial charge < -0.3 is 20.1 Å². The highest BCUT2D eigenvalue weighted by atomic mass is 79.9. The van der Waals surface area contributed by atoms with Crippen molar-refractivity contribution in [1.82, 2.24) is 0 Å². The van der Waals surface area contributed by atoms with Crippen molar-refractivity contribution in [1.29, 1.82) is 0 Å². The van der Waals surface area contributed by atoms with E-state index in [1.165, 1.54) is 0 Å². The van der Waals surface area contributed by atoms with Crippen LogP contribution >= 0.6 is 15.9 Å². The number of halogens is 1.